The van der Waals surface area contributed by atoms with Crippen LogP contribution in [-0.2, 0) is 16.2 Å². The van der Waals surface area contributed by atoms with Gasteiger partial charge in [0, 0.05) is 38.6 Å². The zero-order valence-electron chi connectivity index (χ0n) is 34.1. The van der Waals surface area contributed by atoms with E-state index < -0.39 is 0 Å². The maximum absolute atomic E-state index is 5.19. The summed E-state index contributed by atoms with van der Waals surface area (Å²) >= 11 is 0. The third kappa shape index (κ3) is 5.24. The Morgan fingerprint density at radius 1 is 0.414 bits per heavy atom. The monoisotopic (exact) mass is 750 g/mol. The summed E-state index contributed by atoms with van der Waals surface area (Å²) in [6.45, 7) is 14.3. The zero-order valence-corrected chi connectivity index (χ0v) is 34.1. The summed E-state index contributed by atoms with van der Waals surface area (Å²) in [5.41, 5.74) is 14.9. The highest BCUT2D eigenvalue weighted by molar-refractivity contribution is 6.10. The van der Waals surface area contributed by atoms with Crippen molar-refractivity contribution in [1.82, 2.24) is 19.5 Å². The molecule has 2 aromatic heterocycles. The van der Waals surface area contributed by atoms with Crippen molar-refractivity contribution in [1.29, 1.82) is 0 Å². The number of para-hydroxylation sites is 1. The van der Waals surface area contributed by atoms with Gasteiger partial charge in [-0.15, -0.1) is 0 Å². The van der Waals surface area contributed by atoms with Gasteiger partial charge in [-0.25, -0.2) is 15.0 Å². The first kappa shape index (κ1) is 34.8. The Kier molecular flexibility index (Phi) is 7.39. The van der Waals surface area contributed by atoms with Crippen LogP contribution in [0, 0.1) is 0 Å². The molecule has 4 nitrogen and oxygen atoms in total. The van der Waals surface area contributed by atoms with Gasteiger partial charge in [0.2, 0.25) is 0 Å². The molecular weight excluding hydrogens is 705 g/mol. The summed E-state index contributed by atoms with van der Waals surface area (Å²) < 4.78 is 2.47. The topological polar surface area (TPSA) is 43.6 Å². The number of hydrogen-bond acceptors (Lipinski definition) is 3. The summed E-state index contributed by atoms with van der Waals surface area (Å²) in [6.07, 6.45) is 2.39. The Balaban J connectivity index is 1.03. The standard InChI is InChI=1S/C54H46N4/c1-52(2)26-27-53(3,4)46-32-48-42(31-45(46)52)41-17-11-13-19-47(41)58(48)38-24-22-34-28-36(21-20-35(34)29-38)50-55-49(33-14-8-7-9-15-33)56-51(57-50)37-23-25-40-39-16-10-12-18-43(39)54(5,6)44(40)30-37/h7-25,28-32H,26-27H2,1-6H3. The molecule has 0 radical (unpaired) electrons. The largest absolute Gasteiger partial charge is 0.309 e. The number of hydrogen-bond donors (Lipinski definition) is 0. The third-order valence-corrected chi connectivity index (χ3v) is 13.5. The van der Waals surface area contributed by atoms with Gasteiger partial charge >= 0.3 is 0 Å². The second kappa shape index (κ2) is 12.3. The second-order valence-corrected chi connectivity index (χ2v) is 18.4. The molecule has 2 aliphatic rings. The van der Waals surface area contributed by atoms with E-state index >= 15 is 0 Å². The summed E-state index contributed by atoms with van der Waals surface area (Å²) in [7, 11) is 0. The van der Waals surface area contributed by atoms with Gasteiger partial charge in [0.25, 0.3) is 0 Å². The van der Waals surface area contributed by atoms with Gasteiger partial charge in [-0.1, -0.05) is 145 Å². The smallest absolute Gasteiger partial charge is 0.164 e. The van der Waals surface area contributed by atoms with E-state index in [9.17, 15) is 0 Å². The van der Waals surface area contributed by atoms with E-state index in [1.807, 2.05) is 18.2 Å². The van der Waals surface area contributed by atoms with Crippen LogP contribution in [0.5, 0.6) is 0 Å². The predicted molar refractivity (Wildman–Crippen MR) is 241 cm³/mol. The van der Waals surface area contributed by atoms with Crippen molar-refractivity contribution >= 4 is 32.6 Å². The maximum atomic E-state index is 5.19. The number of benzene rings is 7. The van der Waals surface area contributed by atoms with Crippen LogP contribution in [0.15, 0.2) is 146 Å². The fourth-order valence-electron chi connectivity index (χ4n) is 10.0. The number of rotatable bonds is 4. The van der Waals surface area contributed by atoms with E-state index in [-0.39, 0.29) is 16.2 Å². The first-order valence-corrected chi connectivity index (χ1v) is 20.7. The molecule has 11 rings (SSSR count). The molecule has 0 bridgehead atoms. The molecule has 0 saturated heterocycles. The van der Waals surface area contributed by atoms with Crippen LogP contribution in [-0.4, -0.2) is 19.5 Å². The van der Waals surface area contributed by atoms with Crippen molar-refractivity contribution in [2.45, 2.75) is 70.6 Å². The van der Waals surface area contributed by atoms with Crippen LogP contribution >= 0.6 is 0 Å². The van der Waals surface area contributed by atoms with Crippen molar-refractivity contribution in [3.8, 4) is 51.0 Å². The minimum atomic E-state index is -0.122. The van der Waals surface area contributed by atoms with Crippen LogP contribution in [0.3, 0.4) is 0 Å². The van der Waals surface area contributed by atoms with E-state index in [1.54, 1.807) is 0 Å². The minimum Gasteiger partial charge on any atom is -0.309 e. The Labute approximate surface area is 340 Å². The molecule has 0 N–H and O–H groups in total. The second-order valence-electron chi connectivity index (χ2n) is 18.4. The van der Waals surface area contributed by atoms with Gasteiger partial charge in [0.05, 0.1) is 11.0 Å². The van der Waals surface area contributed by atoms with E-state index in [1.165, 1.54) is 73.4 Å². The molecule has 58 heavy (non-hydrogen) atoms. The SMILES string of the molecule is CC1(C)CCC(C)(C)c2cc3c(cc21)c1ccccc1n3-c1ccc2cc(-c3nc(-c4ccccc4)nc(-c4ccc5c(c4)C(C)(C)c4ccccc4-5)n3)ccc2c1. The lowest BCUT2D eigenvalue weighted by Crippen LogP contribution is -2.33. The molecule has 2 aliphatic carbocycles. The Hall–Kier alpha value is -6.39. The molecule has 0 spiro atoms. The highest BCUT2D eigenvalue weighted by Gasteiger charge is 2.38. The van der Waals surface area contributed by atoms with Gasteiger partial charge in [-0.3, -0.25) is 0 Å². The van der Waals surface area contributed by atoms with Crippen LogP contribution < -0.4 is 0 Å². The summed E-state index contributed by atoms with van der Waals surface area (Å²) in [4.78, 5) is 15.4. The molecule has 9 aromatic rings. The summed E-state index contributed by atoms with van der Waals surface area (Å²) in [6, 6.07) is 53.0. The van der Waals surface area contributed by atoms with E-state index in [2.05, 4.69) is 174 Å². The highest BCUT2D eigenvalue weighted by Crippen LogP contribution is 2.50. The number of nitrogens with zero attached hydrogens (tertiary/aromatic N) is 4. The van der Waals surface area contributed by atoms with Gasteiger partial charge in [0.1, 0.15) is 0 Å². The average molecular weight is 751 g/mol. The molecule has 2 heterocycles. The van der Waals surface area contributed by atoms with Crippen molar-refractivity contribution < 1.29 is 0 Å². The highest BCUT2D eigenvalue weighted by atomic mass is 15.0. The fraction of sp³-hybridized carbons (Fsp3) is 0.204. The van der Waals surface area contributed by atoms with Crippen molar-refractivity contribution in [2.24, 2.45) is 0 Å². The van der Waals surface area contributed by atoms with E-state index in [4.69, 9.17) is 15.0 Å². The fourth-order valence-corrected chi connectivity index (χ4v) is 10.0. The molecular formula is C54H46N4. The minimum absolute atomic E-state index is 0.122. The summed E-state index contributed by atoms with van der Waals surface area (Å²) in [5, 5.41) is 4.94. The van der Waals surface area contributed by atoms with Crippen molar-refractivity contribution in [3.63, 3.8) is 0 Å². The first-order chi connectivity index (χ1) is 28.0. The van der Waals surface area contributed by atoms with E-state index in [0.29, 0.717) is 17.5 Å². The maximum Gasteiger partial charge on any atom is 0.164 e. The molecule has 0 amide bonds. The molecule has 0 atom stereocenters. The average Bonchev–Trinajstić information content (AvgIpc) is 3.69. The zero-order chi connectivity index (χ0) is 39.6. The van der Waals surface area contributed by atoms with Crippen molar-refractivity contribution in [3.05, 3.63) is 168 Å². The van der Waals surface area contributed by atoms with Gasteiger partial charge in [-0.2, -0.15) is 0 Å². The van der Waals surface area contributed by atoms with Crippen LogP contribution in [0.1, 0.15) is 76.6 Å². The Morgan fingerprint density at radius 2 is 1.00 bits per heavy atom. The molecule has 0 unspecified atom stereocenters. The number of aromatic nitrogens is 4. The third-order valence-electron chi connectivity index (χ3n) is 13.5. The van der Waals surface area contributed by atoms with Crippen LogP contribution in [0.25, 0.3) is 83.6 Å². The Morgan fingerprint density at radius 3 is 1.78 bits per heavy atom. The van der Waals surface area contributed by atoms with Crippen LogP contribution in [0.4, 0.5) is 0 Å². The Bertz CT molecular complexity index is 3150. The normalized spacial score (nSPS) is 16.0. The van der Waals surface area contributed by atoms with Gasteiger partial charge in [0.15, 0.2) is 17.5 Å². The molecule has 282 valence electrons. The molecule has 7 aromatic carbocycles. The molecule has 0 saturated carbocycles. The summed E-state index contributed by atoms with van der Waals surface area (Å²) in [5.74, 6) is 2.00. The predicted octanol–water partition coefficient (Wildman–Crippen LogP) is 13.8. The first-order valence-electron chi connectivity index (χ1n) is 20.7. The van der Waals surface area contributed by atoms with E-state index in [0.717, 1.165) is 27.8 Å². The molecule has 4 heteroatoms. The quantitative estimate of drug-likeness (QED) is 0.180. The number of fused-ring (bicyclic) bond motifs is 8. The van der Waals surface area contributed by atoms with Gasteiger partial charge < -0.3 is 4.57 Å². The molecule has 0 aliphatic heterocycles. The van der Waals surface area contributed by atoms with Crippen molar-refractivity contribution in [2.75, 3.05) is 0 Å². The lowest BCUT2D eigenvalue weighted by atomic mass is 9.63. The van der Waals surface area contributed by atoms with Gasteiger partial charge in [-0.05, 0) is 110 Å². The molecule has 0 fully saturated rings. The van der Waals surface area contributed by atoms with Crippen LogP contribution in [0.2, 0.25) is 0 Å². The lowest BCUT2D eigenvalue weighted by molar-refractivity contribution is 0.332. The lowest BCUT2D eigenvalue weighted by Gasteiger charge is -2.42.